The molecule has 4 heteroatoms. The fourth-order valence-electron chi connectivity index (χ4n) is 2.92. The Bertz CT molecular complexity index is 347. The maximum absolute atomic E-state index is 5.83. The Balaban J connectivity index is 1.85. The summed E-state index contributed by atoms with van der Waals surface area (Å²) < 4.78 is 2.09. The van der Waals surface area contributed by atoms with Crippen molar-refractivity contribution in [1.29, 1.82) is 0 Å². The molecule has 2 N–H and O–H groups in total. The molecule has 1 aliphatic carbocycles. The highest BCUT2D eigenvalue weighted by Crippen LogP contribution is 2.31. The first-order chi connectivity index (χ1) is 8.20. The van der Waals surface area contributed by atoms with Gasteiger partial charge in [-0.15, -0.1) is 0 Å². The second-order valence-electron chi connectivity index (χ2n) is 5.34. The van der Waals surface area contributed by atoms with Gasteiger partial charge >= 0.3 is 0 Å². The molecular weight excluding hydrogens is 212 g/mol. The van der Waals surface area contributed by atoms with Crippen LogP contribution in [0.25, 0.3) is 0 Å². The molecule has 0 saturated heterocycles. The van der Waals surface area contributed by atoms with E-state index >= 15 is 0 Å². The lowest BCUT2D eigenvalue weighted by atomic mass is 9.96. The van der Waals surface area contributed by atoms with E-state index in [1.165, 1.54) is 19.3 Å². The minimum Gasteiger partial charge on any atom is -0.337 e. The van der Waals surface area contributed by atoms with Gasteiger partial charge in [-0.1, -0.05) is 6.42 Å². The van der Waals surface area contributed by atoms with Gasteiger partial charge in [0.2, 0.25) is 0 Å². The molecule has 2 rings (SSSR count). The van der Waals surface area contributed by atoms with Crippen LogP contribution in [0.3, 0.4) is 0 Å². The summed E-state index contributed by atoms with van der Waals surface area (Å²) in [6.07, 6.45) is 7.87. The summed E-state index contributed by atoms with van der Waals surface area (Å²) in [5, 5.41) is 0. The fourth-order valence-corrected chi connectivity index (χ4v) is 2.92. The average Bonchev–Trinajstić information content (AvgIpc) is 2.89. The molecule has 17 heavy (non-hydrogen) atoms. The van der Waals surface area contributed by atoms with Gasteiger partial charge in [-0.25, -0.2) is 4.98 Å². The first kappa shape index (κ1) is 12.6. The Hall–Kier alpha value is -0.870. The number of hydrogen-bond donors (Lipinski definition) is 1. The van der Waals surface area contributed by atoms with Crippen LogP contribution < -0.4 is 5.73 Å². The van der Waals surface area contributed by atoms with Gasteiger partial charge in [0.1, 0.15) is 5.82 Å². The number of imidazole rings is 1. The molecular formula is C13H24N4. The fraction of sp³-hybridized carbons (Fsp3) is 0.769. The zero-order valence-electron chi connectivity index (χ0n) is 11.0. The number of rotatable bonds is 5. The van der Waals surface area contributed by atoms with Crippen LogP contribution in [-0.2, 0) is 13.6 Å². The SMILES string of the molecule is CN(Cc1nccn1C)CC1CCCC1CN. The van der Waals surface area contributed by atoms with Crippen molar-refractivity contribution in [3.8, 4) is 0 Å². The predicted octanol–water partition coefficient (Wildman–Crippen LogP) is 1.23. The summed E-state index contributed by atoms with van der Waals surface area (Å²) in [6, 6.07) is 0. The molecule has 0 amide bonds. The molecule has 0 bridgehead atoms. The lowest BCUT2D eigenvalue weighted by Gasteiger charge is -2.24. The summed E-state index contributed by atoms with van der Waals surface area (Å²) in [5.41, 5.74) is 5.83. The lowest BCUT2D eigenvalue weighted by Crippen LogP contribution is -2.30. The first-order valence-electron chi connectivity index (χ1n) is 6.55. The number of hydrogen-bond acceptors (Lipinski definition) is 3. The normalized spacial score (nSPS) is 24.7. The molecule has 0 aliphatic heterocycles. The maximum atomic E-state index is 5.83. The van der Waals surface area contributed by atoms with Crippen molar-refractivity contribution in [3.05, 3.63) is 18.2 Å². The van der Waals surface area contributed by atoms with E-state index < -0.39 is 0 Å². The summed E-state index contributed by atoms with van der Waals surface area (Å²) in [6.45, 7) is 2.92. The second-order valence-corrected chi connectivity index (χ2v) is 5.34. The molecule has 1 aromatic heterocycles. The summed E-state index contributed by atoms with van der Waals surface area (Å²) in [7, 11) is 4.23. The van der Waals surface area contributed by atoms with Crippen molar-refractivity contribution in [1.82, 2.24) is 14.5 Å². The van der Waals surface area contributed by atoms with Crippen molar-refractivity contribution in [2.75, 3.05) is 20.1 Å². The van der Waals surface area contributed by atoms with E-state index in [0.717, 1.165) is 37.3 Å². The third-order valence-electron chi connectivity index (χ3n) is 4.00. The summed E-state index contributed by atoms with van der Waals surface area (Å²) in [5.74, 6) is 2.65. The van der Waals surface area contributed by atoms with E-state index in [9.17, 15) is 0 Å². The highest BCUT2D eigenvalue weighted by molar-refractivity contribution is 4.91. The third-order valence-corrected chi connectivity index (χ3v) is 4.00. The van der Waals surface area contributed by atoms with Gasteiger partial charge in [-0.2, -0.15) is 0 Å². The number of aryl methyl sites for hydroxylation is 1. The van der Waals surface area contributed by atoms with Gasteiger partial charge in [0, 0.05) is 26.0 Å². The monoisotopic (exact) mass is 236 g/mol. The van der Waals surface area contributed by atoms with Crippen LogP contribution in [0.5, 0.6) is 0 Å². The Morgan fingerprint density at radius 1 is 1.47 bits per heavy atom. The minimum absolute atomic E-state index is 0.735. The van der Waals surface area contributed by atoms with E-state index in [4.69, 9.17) is 5.73 Å². The zero-order chi connectivity index (χ0) is 12.3. The second kappa shape index (κ2) is 5.65. The topological polar surface area (TPSA) is 47.1 Å². The highest BCUT2D eigenvalue weighted by atomic mass is 15.2. The molecule has 4 nitrogen and oxygen atoms in total. The Morgan fingerprint density at radius 2 is 2.24 bits per heavy atom. The third kappa shape index (κ3) is 3.07. The van der Waals surface area contributed by atoms with E-state index in [-0.39, 0.29) is 0 Å². The smallest absolute Gasteiger partial charge is 0.122 e. The molecule has 0 spiro atoms. The van der Waals surface area contributed by atoms with Gasteiger partial charge in [0.15, 0.2) is 0 Å². The molecule has 0 aromatic carbocycles. The Morgan fingerprint density at radius 3 is 2.88 bits per heavy atom. The van der Waals surface area contributed by atoms with Crippen molar-refractivity contribution >= 4 is 0 Å². The van der Waals surface area contributed by atoms with E-state index in [1.54, 1.807) is 0 Å². The van der Waals surface area contributed by atoms with Crippen molar-refractivity contribution in [3.63, 3.8) is 0 Å². The standard InChI is InChI=1S/C13H24N4/c1-16(10-13-15-6-7-17(13)2)9-12-5-3-4-11(12)8-14/h6-7,11-12H,3-5,8-10,14H2,1-2H3. The van der Waals surface area contributed by atoms with Crippen molar-refractivity contribution in [2.45, 2.75) is 25.8 Å². The van der Waals surface area contributed by atoms with Crippen LogP contribution in [-0.4, -0.2) is 34.6 Å². The maximum Gasteiger partial charge on any atom is 0.122 e. The van der Waals surface area contributed by atoms with Crippen LogP contribution in [0.4, 0.5) is 0 Å². The number of nitrogens with zero attached hydrogens (tertiary/aromatic N) is 3. The van der Waals surface area contributed by atoms with E-state index in [1.807, 2.05) is 12.4 Å². The largest absolute Gasteiger partial charge is 0.337 e. The molecule has 0 radical (unpaired) electrons. The quantitative estimate of drug-likeness (QED) is 0.836. The first-order valence-corrected chi connectivity index (χ1v) is 6.55. The molecule has 1 aliphatic rings. The van der Waals surface area contributed by atoms with Crippen molar-refractivity contribution < 1.29 is 0 Å². The predicted molar refractivity (Wildman–Crippen MR) is 69.4 cm³/mol. The van der Waals surface area contributed by atoms with Gasteiger partial charge in [0.05, 0.1) is 6.54 Å². The van der Waals surface area contributed by atoms with Crippen LogP contribution in [0.2, 0.25) is 0 Å². The summed E-state index contributed by atoms with van der Waals surface area (Å²) in [4.78, 5) is 6.74. The number of aromatic nitrogens is 2. The lowest BCUT2D eigenvalue weighted by molar-refractivity contribution is 0.231. The molecule has 2 unspecified atom stereocenters. The van der Waals surface area contributed by atoms with Crippen LogP contribution in [0.15, 0.2) is 12.4 Å². The molecule has 96 valence electrons. The molecule has 1 heterocycles. The van der Waals surface area contributed by atoms with E-state index in [2.05, 4.69) is 28.5 Å². The molecule has 1 saturated carbocycles. The average molecular weight is 236 g/mol. The van der Waals surface area contributed by atoms with Gasteiger partial charge in [-0.05, 0) is 38.3 Å². The van der Waals surface area contributed by atoms with Crippen LogP contribution in [0, 0.1) is 11.8 Å². The van der Waals surface area contributed by atoms with E-state index in [0.29, 0.717) is 0 Å². The minimum atomic E-state index is 0.735. The van der Waals surface area contributed by atoms with Crippen LogP contribution in [0.1, 0.15) is 25.1 Å². The highest BCUT2D eigenvalue weighted by Gasteiger charge is 2.26. The summed E-state index contributed by atoms with van der Waals surface area (Å²) >= 11 is 0. The van der Waals surface area contributed by atoms with Crippen LogP contribution >= 0.6 is 0 Å². The van der Waals surface area contributed by atoms with Crippen molar-refractivity contribution in [2.24, 2.45) is 24.6 Å². The van der Waals surface area contributed by atoms with Gasteiger partial charge in [-0.3, -0.25) is 4.90 Å². The molecule has 1 fully saturated rings. The Kier molecular flexibility index (Phi) is 4.18. The Labute approximate surface area is 104 Å². The number of nitrogens with two attached hydrogens (primary N) is 1. The zero-order valence-corrected chi connectivity index (χ0v) is 11.0. The van der Waals surface area contributed by atoms with Gasteiger partial charge in [0.25, 0.3) is 0 Å². The molecule has 2 atom stereocenters. The molecule has 1 aromatic rings. The van der Waals surface area contributed by atoms with Gasteiger partial charge < -0.3 is 10.3 Å².